The molecule has 2 fully saturated rings. The van der Waals surface area contributed by atoms with Gasteiger partial charge in [-0.2, -0.15) is 15.2 Å². The Morgan fingerprint density at radius 2 is 2.00 bits per heavy atom. The van der Waals surface area contributed by atoms with Crippen molar-refractivity contribution in [2.75, 3.05) is 4.90 Å². The zero-order valence-corrected chi connectivity index (χ0v) is 19.4. The van der Waals surface area contributed by atoms with Crippen LogP contribution in [0.2, 0.25) is 10.2 Å². The molecule has 5 heterocycles. The summed E-state index contributed by atoms with van der Waals surface area (Å²) in [5, 5.41) is 13.6. The predicted octanol–water partition coefficient (Wildman–Crippen LogP) is 2.98. The van der Waals surface area contributed by atoms with Crippen molar-refractivity contribution in [3.05, 3.63) is 32.7 Å². The number of hydrogen-bond donors (Lipinski definition) is 2. The van der Waals surface area contributed by atoms with Gasteiger partial charge in [0.1, 0.15) is 10.5 Å². The maximum absolute atomic E-state index is 13.5. The Balaban J connectivity index is 1.55. The number of hydrogen-bond acceptors (Lipinski definition) is 6. The number of halogens is 2. The average molecular weight is 473 g/mol. The molecule has 4 aromatic rings. The first-order valence-electron chi connectivity index (χ1n) is 10.5. The molecule has 0 unspecified atom stereocenters. The van der Waals surface area contributed by atoms with Crippen molar-refractivity contribution in [3.8, 4) is 11.3 Å². The highest BCUT2D eigenvalue weighted by Gasteiger charge is 2.52. The standard InChI is InChI=1S/C21H22Cl2N8O/c1-21(24)8-9-4-7-12(21)31(9)20-25-18-14(19(32)29(20)2)16(26-27-18)10-5-6-11-13(15(10)22)17(23)30(3)28-11/h5-6,9,12H,4,7-8,24H2,1-3H3,(H,26,27)/t9-,12+,21+/m0/s1. The van der Waals surface area contributed by atoms with E-state index in [2.05, 4.69) is 27.1 Å². The highest BCUT2D eigenvalue weighted by molar-refractivity contribution is 6.43. The van der Waals surface area contributed by atoms with E-state index in [9.17, 15) is 4.79 Å². The molecule has 2 saturated heterocycles. The molecule has 3 aromatic heterocycles. The van der Waals surface area contributed by atoms with Crippen LogP contribution < -0.4 is 16.2 Å². The lowest BCUT2D eigenvalue weighted by molar-refractivity contribution is 0.367. The SMILES string of the molecule is Cn1nc2ccc(-c3[nH]nc4nc(N5[C@H]6CC[C@@H]5[C@](C)(N)C6)n(C)c(=O)c34)c(Cl)c2c1Cl. The monoisotopic (exact) mass is 472 g/mol. The van der Waals surface area contributed by atoms with E-state index < -0.39 is 0 Å². The Labute approximate surface area is 193 Å². The van der Waals surface area contributed by atoms with Crippen molar-refractivity contribution >= 4 is 51.1 Å². The van der Waals surface area contributed by atoms with E-state index in [0.29, 0.717) is 49.3 Å². The number of benzene rings is 1. The number of nitrogens with zero attached hydrogens (tertiary/aromatic N) is 6. The Hall–Kier alpha value is -2.62. The highest BCUT2D eigenvalue weighted by Crippen LogP contribution is 2.45. The average Bonchev–Trinajstić information content (AvgIpc) is 3.46. The van der Waals surface area contributed by atoms with Crippen molar-refractivity contribution < 1.29 is 0 Å². The number of H-pyrrole nitrogens is 1. The summed E-state index contributed by atoms with van der Waals surface area (Å²) in [7, 11) is 3.50. The molecule has 6 rings (SSSR count). The zero-order chi connectivity index (χ0) is 22.5. The van der Waals surface area contributed by atoms with E-state index in [1.165, 1.54) is 0 Å². The highest BCUT2D eigenvalue weighted by atomic mass is 35.5. The Bertz CT molecular complexity index is 1480. The van der Waals surface area contributed by atoms with Crippen LogP contribution in [0.3, 0.4) is 0 Å². The first-order valence-corrected chi connectivity index (χ1v) is 11.3. The molecule has 1 aromatic carbocycles. The third-order valence-electron chi connectivity index (χ3n) is 7.08. The summed E-state index contributed by atoms with van der Waals surface area (Å²) in [6, 6.07) is 4.08. The van der Waals surface area contributed by atoms with Gasteiger partial charge in [0, 0.05) is 37.3 Å². The van der Waals surface area contributed by atoms with Crippen LogP contribution >= 0.6 is 23.2 Å². The smallest absolute Gasteiger partial charge is 0.266 e. The fourth-order valence-corrected chi connectivity index (χ4v) is 6.17. The number of rotatable bonds is 2. The van der Waals surface area contributed by atoms with E-state index in [1.54, 1.807) is 23.3 Å². The van der Waals surface area contributed by atoms with Crippen molar-refractivity contribution in [1.29, 1.82) is 0 Å². The largest absolute Gasteiger partial charge is 0.334 e. The van der Waals surface area contributed by atoms with Gasteiger partial charge in [-0.05, 0) is 38.3 Å². The Morgan fingerprint density at radius 3 is 2.69 bits per heavy atom. The molecule has 2 aliphatic heterocycles. The van der Waals surface area contributed by atoms with Crippen molar-refractivity contribution in [2.45, 2.75) is 43.8 Å². The number of aryl methyl sites for hydroxylation is 1. The number of anilines is 1. The van der Waals surface area contributed by atoms with Crippen LogP contribution in [0, 0.1) is 0 Å². The molecule has 2 aliphatic rings. The van der Waals surface area contributed by atoms with E-state index in [1.807, 2.05) is 12.1 Å². The summed E-state index contributed by atoms with van der Waals surface area (Å²) in [5.41, 5.74) is 8.23. The van der Waals surface area contributed by atoms with Crippen molar-refractivity contribution in [2.24, 2.45) is 19.8 Å². The molecule has 0 saturated carbocycles. The predicted molar refractivity (Wildman–Crippen MR) is 125 cm³/mol. The van der Waals surface area contributed by atoms with Gasteiger partial charge < -0.3 is 10.6 Å². The molecular weight excluding hydrogens is 451 g/mol. The maximum Gasteiger partial charge on any atom is 0.266 e. The van der Waals surface area contributed by atoms with Crippen LogP contribution in [0.15, 0.2) is 16.9 Å². The van der Waals surface area contributed by atoms with Gasteiger partial charge in [0.05, 0.1) is 21.6 Å². The van der Waals surface area contributed by atoms with Gasteiger partial charge >= 0.3 is 0 Å². The van der Waals surface area contributed by atoms with Gasteiger partial charge in [-0.1, -0.05) is 23.2 Å². The van der Waals surface area contributed by atoms with E-state index in [-0.39, 0.29) is 23.2 Å². The number of fused-ring (bicyclic) bond motifs is 4. The lowest BCUT2D eigenvalue weighted by Gasteiger charge is -2.30. The molecule has 11 heteroatoms. The molecule has 0 aliphatic carbocycles. The molecular formula is C21H22Cl2N8O. The van der Waals surface area contributed by atoms with Gasteiger partial charge in [0.15, 0.2) is 5.65 Å². The van der Waals surface area contributed by atoms with E-state index in [4.69, 9.17) is 33.9 Å². The van der Waals surface area contributed by atoms with E-state index >= 15 is 0 Å². The zero-order valence-electron chi connectivity index (χ0n) is 17.9. The molecule has 166 valence electrons. The Kier molecular flexibility index (Phi) is 4.04. The summed E-state index contributed by atoms with van der Waals surface area (Å²) in [6.45, 7) is 2.08. The number of nitrogens with two attached hydrogens (primary N) is 1. The molecule has 32 heavy (non-hydrogen) atoms. The fraction of sp³-hybridized carbons (Fsp3) is 0.429. The minimum atomic E-state index is -0.293. The second kappa shape index (κ2) is 6.46. The molecule has 0 spiro atoms. The van der Waals surface area contributed by atoms with Gasteiger partial charge in [-0.25, -0.2) is 0 Å². The summed E-state index contributed by atoms with van der Waals surface area (Å²) >= 11 is 13.1. The lowest BCUT2D eigenvalue weighted by Crippen LogP contribution is -2.49. The first-order chi connectivity index (χ1) is 15.2. The summed E-state index contributed by atoms with van der Waals surface area (Å²) < 4.78 is 3.16. The molecule has 0 amide bonds. The topological polar surface area (TPSA) is 111 Å². The third-order valence-corrected chi connectivity index (χ3v) is 7.91. The maximum atomic E-state index is 13.5. The molecule has 9 nitrogen and oxygen atoms in total. The lowest BCUT2D eigenvalue weighted by atomic mass is 9.84. The summed E-state index contributed by atoms with van der Waals surface area (Å²) in [4.78, 5) is 20.5. The van der Waals surface area contributed by atoms with Crippen molar-refractivity contribution in [1.82, 2.24) is 29.5 Å². The van der Waals surface area contributed by atoms with Gasteiger partial charge in [0.2, 0.25) is 5.95 Å². The number of nitrogens with one attached hydrogen (secondary N) is 1. The first kappa shape index (κ1) is 20.0. The van der Waals surface area contributed by atoms with Crippen LogP contribution in [0.1, 0.15) is 26.2 Å². The van der Waals surface area contributed by atoms with Crippen LogP contribution in [0.4, 0.5) is 5.95 Å². The third kappa shape index (κ3) is 2.50. The van der Waals surface area contributed by atoms with Gasteiger partial charge in [-0.3, -0.25) is 19.1 Å². The van der Waals surface area contributed by atoms with Crippen LogP contribution in [0.5, 0.6) is 0 Å². The van der Waals surface area contributed by atoms with Gasteiger partial charge in [0.25, 0.3) is 5.56 Å². The fourth-order valence-electron chi connectivity index (χ4n) is 5.55. The minimum Gasteiger partial charge on any atom is -0.334 e. The second-order valence-electron chi connectivity index (χ2n) is 9.17. The quantitative estimate of drug-likeness (QED) is 0.463. The number of aromatic nitrogens is 6. The van der Waals surface area contributed by atoms with E-state index in [0.717, 1.165) is 19.3 Å². The minimum absolute atomic E-state index is 0.158. The van der Waals surface area contributed by atoms with Crippen LogP contribution in [-0.2, 0) is 14.1 Å². The summed E-state index contributed by atoms with van der Waals surface area (Å²) in [6.07, 6.45) is 2.94. The molecule has 3 atom stereocenters. The molecule has 2 bridgehead atoms. The van der Waals surface area contributed by atoms with Gasteiger partial charge in [-0.15, -0.1) is 0 Å². The van der Waals surface area contributed by atoms with Crippen LogP contribution in [-0.4, -0.2) is 47.2 Å². The number of aromatic amines is 1. The normalized spacial score (nSPS) is 25.0. The van der Waals surface area contributed by atoms with Crippen LogP contribution in [0.25, 0.3) is 33.2 Å². The van der Waals surface area contributed by atoms with Crippen molar-refractivity contribution in [3.63, 3.8) is 0 Å². The molecule has 3 N–H and O–H groups in total. The Morgan fingerprint density at radius 1 is 1.22 bits per heavy atom. The second-order valence-corrected chi connectivity index (χ2v) is 9.91. The summed E-state index contributed by atoms with van der Waals surface area (Å²) in [5.74, 6) is 0.610. The molecule has 0 radical (unpaired) electrons.